The molecule has 0 unspecified atom stereocenters. The van der Waals surface area contributed by atoms with Gasteiger partial charge >= 0.3 is 6.18 Å². The third-order valence-electron chi connectivity index (χ3n) is 1.82. The van der Waals surface area contributed by atoms with Crippen LogP contribution in [0.4, 0.5) is 13.2 Å². The number of rotatable bonds is 2. The maximum absolute atomic E-state index is 12.1. The van der Waals surface area contributed by atoms with E-state index in [4.69, 9.17) is 17.3 Å². The Balaban J connectivity index is 2.75. The summed E-state index contributed by atoms with van der Waals surface area (Å²) in [4.78, 5) is 0. The van der Waals surface area contributed by atoms with E-state index in [2.05, 4.69) is 0 Å². The van der Waals surface area contributed by atoms with Crippen molar-refractivity contribution < 1.29 is 13.2 Å². The van der Waals surface area contributed by atoms with E-state index in [-0.39, 0.29) is 6.42 Å². The molecule has 0 saturated carbocycles. The topological polar surface area (TPSA) is 26.0 Å². The second kappa shape index (κ2) is 4.19. The maximum atomic E-state index is 12.1. The lowest BCUT2D eigenvalue weighted by atomic mass is 10.1. The third kappa shape index (κ3) is 2.89. The second-order valence-corrected chi connectivity index (χ2v) is 3.35. The van der Waals surface area contributed by atoms with Crippen LogP contribution in [0.25, 0.3) is 0 Å². The summed E-state index contributed by atoms with van der Waals surface area (Å²) in [6.45, 7) is 0. The van der Waals surface area contributed by atoms with Gasteiger partial charge in [-0.15, -0.1) is 0 Å². The fourth-order valence-corrected chi connectivity index (χ4v) is 1.23. The molecule has 1 aromatic carbocycles. The molecule has 0 saturated heterocycles. The highest BCUT2D eigenvalue weighted by Crippen LogP contribution is 2.24. The first-order chi connectivity index (χ1) is 6.41. The summed E-state index contributed by atoms with van der Waals surface area (Å²) in [5.41, 5.74) is 5.38. The van der Waals surface area contributed by atoms with Crippen LogP contribution < -0.4 is 5.73 Å². The smallest absolute Gasteiger partial charge is 0.320 e. The Bertz CT molecular complexity index is 311. The summed E-state index contributed by atoms with van der Waals surface area (Å²) in [6.07, 6.45) is -4.66. The second-order valence-electron chi connectivity index (χ2n) is 2.94. The Morgan fingerprint density at radius 1 is 1.29 bits per heavy atom. The van der Waals surface area contributed by atoms with Crippen molar-refractivity contribution in [1.29, 1.82) is 0 Å². The fourth-order valence-electron chi connectivity index (χ4n) is 1.02. The predicted molar refractivity (Wildman–Crippen MR) is 49.2 cm³/mol. The minimum atomic E-state index is -4.38. The molecule has 1 nitrogen and oxygen atoms in total. The summed E-state index contributed by atoms with van der Waals surface area (Å²) in [5.74, 6) is 0. The average molecular weight is 224 g/mol. The van der Waals surface area contributed by atoms with Gasteiger partial charge in [0, 0.05) is 5.02 Å². The van der Waals surface area contributed by atoms with Gasteiger partial charge in [-0.2, -0.15) is 13.2 Å². The van der Waals surface area contributed by atoms with Crippen molar-refractivity contribution in [3.8, 4) is 0 Å². The Labute approximate surface area is 84.7 Å². The summed E-state index contributed by atoms with van der Waals surface area (Å²) >= 11 is 5.70. The number of benzene rings is 1. The average Bonchev–Trinajstić information content (AvgIpc) is 2.07. The molecule has 0 aliphatic heterocycles. The van der Waals surface area contributed by atoms with Crippen molar-refractivity contribution in [3.05, 3.63) is 34.9 Å². The van der Waals surface area contributed by atoms with Crippen LogP contribution in [0.2, 0.25) is 5.02 Å². The highest BCUT2D eigenvalue weighted by Gasteiger charge is 2.36. The predicted octanol–water partition coefficient (Wildman–Crippen LogP) is 2.77. The number of halogens is 4. The highest BCUT2D eigenvalue weighted by molar-refractivity contribution is 6.31. The number of alkyl halides is 3. The minimum absolute atomic E-state index is 0.289. The molecule has 0 aromatic heterocycles. The van der Waals surface area contributed by atoms with Crippen LogP contribution >= 0.6 is 11.6 Å². The van der Waals surface area contributed by atoms with Gasteiger partial charge < -0.3 is 5.73 Å². The molecule has 0 radical (unpaired) electrons. The number of nitrogens with two attached hydrogens (primary N) is 1. The molecule has 0 fully saturated rings. The molecule has 0 aliphatic carbocycles. The van der Waals surface area contributed by atoms with E-state index in [9.17, 15) is 13.2 Å². The van der Waals surface area contributed by atoms with Gasteiger partial charge in [-0.1, -0.05) is 29.8 Å². The highest BCUT2D eigenvalue weighted by atomic mass is 35.5. The van der Waals surface area contributed by atoms with Gasteiger partial charge in [0.05, 0.1) is 0 Å². The van der Waals surface area contributed by atoms with Gasteiger partial charge in [0.1, 0.15) is 6.04 Å². The van der Waals surface area contributed by atoms with Crippen molar-refractivity contribution in [2.24, 2.45) is 5.73 Å². The minimum Gasteiger partial charge on any atom is -0.320 e. The summed E-state index contributed by atoms with van der Waals surface area (Å²) in [6, 6.07) is 4.51. The molecule has 0 spiro atoms. The van der Waals surface area contributed by atoms with Crippen molar-refractivity contribution in [3.63, 3.8) is 0 Å². The molecule has 0 bridgehead atoms. The lowest BCUT2D eigenvalue weighted by Crippen LogP contribution is -2.39. The van der Waals surface area contributed by atoms with Crippen molar-refractivity contribution in [2.45, 2.75) is 18.6 Å². The van der Waals surface area contributed by atoms with E-state index in [1.807, 2.05) is 0 Å². The van der Waals surface area contributed by atoms with Crippen LogP contribution in [-0.2, 0) is 6.42 Å². The number of hydrogen-bond acceptors (Lipinski definition) is 1. The van der Waals surface area contributed by atoms with Gasteiger partial charge in [0.25, 0.3) is 0 Å². The Morgan fingerprint density at radius 3 is 2.36 bits per heavy atom. The largest absolute Gasteiger partial charge is 0.403 e. The molecule has 2 N–H and O–H groups in total. The van der Waals surface area contributed by atoms with E-state index in [0.717, 1.165) is 0 Å². The SMILES string of the molecule is N[C@H](Cc1ccccc1Cl)C(F)(F)F. The summed E-state index contributed by atoms with van der Waals surface area (Å²) in [5, 5.41) is 0.312. The molecule has 1 rings (SSSR count). The van der Waals surface area contributed by atoms with E-state index in [1.165, 1.54) is 6.07 Å². The van der Waals surface area contributed by atoms with E-state index >= 15 is 0 Å². The van der Waals surface area contributed by atoms with E-state index < -0.39 is 12.2 Å². The van der Waals surface area contributed by atoms with Gasteiger partial charge in [-0.3, -0.25) is 0 Å². The lowest BCUT2D eigenvalue weighted by Gasteiger charge is -2.15. The van der Waals surface area contributed by atoms with Crippen molar-refractivity contribution >= 4 is 11.6 Å². The monoisotopic (exact) mass is 223 g/mol. The van der Waals surface area contributed by atoms with E-state index in [0.29, 0.717) is 10.6 Å². The zero-order chi connectivity index (χ0) is 10.8. The molecule has 1 atom stereocenters. The van der Waals surface area contributed by atoms with Gasteiger partial charge in [0.2, 0.25) is 0 Å². The normalized spacial score (nSPS) is 14.1. The zero-order valence-electron chi connectivity index (χ0n) is 7.18. The zero-order valence-corrected chi connectivity index (χ0v) is 7.94. The quantitative estimate of drug-likeness (QED) is 0.820. The van der Waals surface area contributed by atoms with Crippen LogP contribution in [-0.4, -0.2) is 12.2 Å². The first-order valence-corrected chi connectivity index (χ1v) is 4.35. The molecule has 78 valence electrons. The Morgan fingerprint density at radius 2 is 1.86 bits per heavy atom. The first kappa shape index (κ1) is 11.3. The van der Waals surface area contributed by atoms with Crippen molar-refractivity contribution in [1.82, 2.24) is 0 Å². The van der Waals surface area contributed by atoms with E-state index in [1.54, 1.807) is 18.2 Å². The molecular weight excluding hydrogens is 215 g/mol. The van der Waals surface area contributed by atoms with Crippen LogP contribution in [0.15, 0.2) is 24.3 Å². The molecular formula is C9H9ClF3N. The number of hydrogen-bond donors (Lipinski definition) is 1. The Hall–Kier alpha value is -0.740. The standard InChI is InChI=1S/C9H9ClF3N/c10-7-4-2-1-3-6(7)5-8(14)9(11,12)13/h1-4,8H,5,14H2/t8-/m1/s1. The lowest BCUT2D eigenvalue weighted by molar-refractivity contribution is -0.147. The molecule has 5 heteroatoms. The summed E-state index contributed by atoms with van der Waals surface area (Å²) < 4.78 is 36.3. The summed E-state index contributed by atoms with van der Waals surface area (Å²) in [7, 11) is 0. The molecule has 1 aromatic rings. The molecule has 14 heavy (non-hydrogen) atoms. The van der Waals surface area contributed by atoms with Crippen LogP contribution in [0.1, 0.15) is 5.56 Å². The third-order valence-corrected chi connectivity index (χ3v) is 2.19. The first-order valence-electron chi connectivity index (χ1n) is 3.97. The fraction of sp³-hybridized carbons (Fsp3) is 0.333. The van der Waals surface area contributed by atoms with Gasteiger partial charge in [-0.25, -0.2) is 0 Å². The van der Waals surface area contributed by atoms with Crippen molar-refractivity contribution in [2.75, 3.05) is 0 Å². The van der Waals surface area contributed by atoms with Gasteiger partial charge in [-0.05, 0) is 18.1 Å². The van der Waals surface area contributed by atoms with Gasteiger partial charge in [0.15, 0.2) is 0 Å². The maximum Gasteiger partial charge on any atom is 0.403 e. The van der Waals surface area contributed by atoms with Crippen LogP contribution in [0.3, 0.4) is 0 Å². The van der Waals surface area contributed by atoms with Crippen LogP contribution in [0.5, 0.6) is 0 Å². The molecule has 0 amide bonds. The van der Waals surface area contributed by atoms with Crippen LogP contribution in [0, 0.1) is 0 Å². The molecule has 0 heterocycles. The molecule has 0 aliphatic rings. The Kier molecular flexibility index (Phi) is 3.39.